The minimum Gasteiger partial charge on any atom is -0.299 e. The fourth-order valence-electron chi connectivity index (χ4n) is 3.51. The quantitative estimate of drug-likeness (QED) is 0.735. The largest absolute Gasteiger partial charge is 0.299 e. The van der Waals surface area contributed by atoms with E-state index in [1.54, 1.807) is 6.92 Å². The number of nitrogens with zero attached hydrogens (tertiary/aromatic N) is 1. The van der Waals surface area contributed by atoms with E-state index in [1.807, 2.05) is 0 Å². The van der Waals surface area contributed by atoms with Gasteiger partial charge in [-0.1, -0.05) is 20.8 Å². The molecule has 2 rings (SSSR count). The summed E-state index contributed by atoms with van der Waals surface area (Å²) in [7, 11) is 0. The van der Waals surface area contributed by atoms with Crippen molar-refractivity contribution < 1.29 is 4.79 Å². The Labute approximate surface area is 106 Å². The first-order valence-electron chi connectivity index (χ1n) is 7.03. The third-order valence-electron chi connectivity index (χ3n) is 4.95. The molecule has 0 aromatic heterocycles. The summed E-state index contributed by atoms with van der Waals surface area (Å²) in [5, 5.41) is 0. The van der Waals surface area contributed by atoms with E-state index in [2.05, 4.69) is 25.7 Å². The SMILES string of the molecule is CC(=O)CN1CCC2(CC1)CC(C(C)(C)C)C2. The average Bonchev–Trinajstić information content (AvgIpc) is 2.13. The van der Waals surface area contributed by atoms with Gasteiger partial charge >= 0.3 is 0 Å². The highest BCUT2D eigenvalue weighted by atomic mass is 16.1. The average molecular weight is 237 g/mol. The standard InChI is InChI=1S/C15H27NO/c1-12(17)11-16-7-5-15(6-8-16)9-13(10-15)14(2,3)4/h13H,5-11H2,1-4H3. The van der Waals surface area contributed by atoms with Crippen molar-refractivity contribution in [3.8, 4) is 0 Å². The lowest BCUT2D eigenvalue weighted by Crippen LogP contribution is -2.50. The first-order chi connectivity index (χ1) is 7.81. The van der Waals surface area contributed by atoms with E-state index >= 15 is 0 Å². The number of piperidine rings is 1. The van der Waals surface area contributed by atoms with E-state index < -0.39 is 0 Å². The van der Waals surface area contributed by atoms with Gasteiger partial charge in [-0.05, 0) is 62.4 Å². The van der Waals surface area contributed by atoms with Gasteiger partial charge in [0.1, 0.15) is 5.78 Å². The number of rotatable bonds is 2. The van der Waals surface area contributed by atoms with Gasteiger partial charge in [0.05, 0.1) is 6.54 Å². The Kier molecular flexibility index (Phi) is 3.37. The van der Waals surface area contributed by atoms with Gasteiger partial charge in [0, 0.05) is 0 Å². The molecule has 17 heavy (non-hydrogen) atoms. The highest BCUT2D eigenvalue weighted by Gasteiger charge is 2.49. The van der Waals surface area contributed by atoms with Crippen LogP contribution in [0, 0.1) is 16.7 Å². The summed E-state index contributed by atoms with van der Waals surface area (Å²) >= 11 is 0. The van der Waals surface area contributed by atoms with E-state index in [0.717, 1.165) is 19.0 Å². The van der Waals surface area contributed by atoms with Crippen LogP contribution in [0.3, 0.4) is 0 Å². The first-order valence-corrected chi connectivity index (χ1v) is 7.03. The molecule has 0 aromatic carbocycles. The van der Waals surface area contributed by atoms with Gasteiger partial charge in [-0.15, -0.1) is 0 Å². The van der Waals surface area contributed by atoms with Crippen LogP contribution in [0.25, 0.3) is 0 Å². The molecule has 0 atom stereocenters. The predicted octanol–water partition coefficient (Wildman–Crippen LogP) is 3.11. The Morgan fingerprint density at radius 3 is 2.18 bits per heavy atom. The molecule has 1 aliphatic carbocycles. The lowest BCUT2D eigenvalue weighted by atomic mass is 9.52. The molecule has 0 N–H and O–H groups in total. The van der Waals surface area contributed by atoms with Crippen LogP contribution in [0.1, 0.15) is 53.4 Å². The summed E-state index contributed by atoms with van der Waals surface area (Å²) in [5.74, 6) is 1.23. The van der Waals surface area contributed by atoms with Crippen LogP contribution < -0.4 is 0 Å². The van der Waals surface area contributed by atoms with Crippen molar-refractivity contribution in [2.24, 2.45) is 16.7 Å². The molecule has 1 heterocycles. The van der Waals surface area contributed by atoms with Crippen molar-refractivity contribution in [1.82, 2.24) is 4.90 Å². The van der Waals surface area contributed by atoms with Crippen molar-refractivity contribution in [1.29, 1.82) is 0 Å². The molecular weight excluding hydrogens is 210 g/mol. The fourth-order valence-corrected chi connectivity index (χ4v) is 3.51. The summed E-state index contributed by atoms with van der Waals surface area (Å²) in [6.07, 6.45) is 5.47. The summed E-state index contributed by atoms with van der Waals surface area (Å²) in [5.41, 5.74) is 1.13. The van der Waals surface area contributed by atoms with Crippen molar-refractivity contribution in [3.63, 3.8) is 0 Å². The van der Waals surface area contributed by atoms with Gasteiger partial charge in [0.15, 0.2) is 0 Å². The van der Waals surface area contributed by atoms with Crippen LogP contribution in [0.5, 0.6) is 0 Å². The molecule has 1 saturated heterocycles. The van der Waals surface area contributed by atoms with Crippen molar-refractivity contribution >= 4 is 5.78 Å². The summed E-state index contributed by atoms with van der Waals surface area (Å²) in [6, 6.07) is 0. The highest BCUT2D eigenvalue weighted by Crippen LogP contribution is 2.57. The second-order valence-electron chi connectivity index (χ2n) is 7.45. The summed E-state index contributed by atoms with van der Waals surface area (Å²) in [6.45, 7) is 11.7. The maximum absolute atomic E-state index is 11.1. The number of ketones is 1. The monoisotopic (exact) mass is 237 g/mol. The molecule has 0 amide bonds. The molecule has 0 unspecified atom stereocenters. The van der Waals surface area contributed by atoms with Crippen LogP contribution in [0.15, 0.2) is 0 Å². The van der Waals surface area contributed by atoms with E-state index in [4.69, 9.17) is 0 Å². The topological polar surface area (TPSA) is 20.3 Å². The number of hydrogen-bond acceptors (Lipinski definition) is 2. The number of carbonyl (C=O) groups excluding carboxylic acids is 1. The predicted molar refractivity (Wildman–Crippen MR) is 71.0 cm³/mol. The van der Waals surface area contributed by atoms with Crippen molar-refractivity contribution in [2.45, 2.75) is 53.4 Å². The molecular formula is C15H27NO. The van der Waals surface area contributed by atoms with Gasteiger partial charge in [-0.2, -0.15) is 0 Å². The molecule has 98 valence electrons. The Morgan fingerprint density at radius 1 is 1.24 bits per heavy atom. The highest BCUT2D eigenvalue weighted by molar-refractivity contribution is 5.77. The summed E-state index contributed by atoms with van der Waals surface area (Å²) in [4.78, 5) is 13.4. The molecule has 2 aliphatic rings. The molecule has 2 nitrogen and oxygen atoms in total. The van der Waals surface area contributed by atoms with Crippen molar-refractivity contribution in [3.05, 3.63) is 0 Å². The zero-order chi connectivity index (χ0) is 12.7. The normalized spacial score (nSPS) is 25.9. The molecule has 0 bridgehead atoms. The Hall–Kier alpha value is -0.370. The molecule has 2 fully saturated rings. The minimum atomic E-state index is 0.308. The number of likely N-dealkylation sites (tertiary alicyclic amines) is 1. The molecule has 2 heteroatoms. The van der Waals surface area contributed by atoms with Gasteiger partial charge < -0.3 is 0 Å². The van der Waals surface area contributed by atoms with Gasteiger partial charge in [-0.3, -0.25) is 9.69 Å². The lowest BCUT2D eigenvalue weighted by molar-refractivity contribution is -0.119. The van der Waals surface area contributed by atoms with Crippen molar-refractivity contribution in [2.75, 3.05) is 19.6 Å². The Balaban J connectivity index is 1.79. The summed E-state index contributed by atoms with van der Waals surface area (Å²) < 4.78 is 0. The molecule has 1 aliphatic heterocycles. The smallest absolute Gasteiger partial charge is 0.143 e. The number of Topliss-reactive ketones (excluding diaryl/α,β-unsaturated/α-hetero) is 1. The van der Waals surface area contributed by atoms with Crippen LogP contribution in [-0.4, -0.2) is 30.3 Å². The molecule has 1 saturated carbocycles. The number of carbonyl (C=O) groups is 1. The number of hydrogen-bond donors (Lipinski definition) is 0. The zero-order valence-electron chi connectivity index (χ0n) is 11.9. The van der Waals surface area contributed by atoms with E-state index in [1.165, 1.54) is 25.7 Å². The second-order valence-corrected chi connectivity index (χ2v) is 7.45. The molecule has 0 aromatic rings. The fraction of sp³-hybridized carbons (Fsp3) is 0.933. The van der Waals surface area contributed by atoms with E-state index in [9.17, 15) is 4.79 Å². The van der Waals surface area contributed by atoms with Gasteiger partial charge in [0.2, 0.25) is 0 Å². The van der Waals surface area contributed by atoms with E-state index in [-0.39, 0.29) is 0 Å². The van der Waals surface area contributed by atoms with Crippen LogP contribution in [-0.2, 0) is 4.79 Å². The van der Waals surface area contributed by atoms with E-state index in [0.29, 0.717) is 23.2 Å². The maximum Gasteiger partial charge on any atom is 0.143 e. The zero-order valence-corrected chi connectivity index (χ0v) is 11.9. The molecule has 0 radical (unpaired) electrons. The van der Waals surface area contributed by atoms with Crippen LogP contribution in [0.2, 0.25) is 0 Å². The second kappa shape index (κ2) is 4.38. The van der Waals surface area contributed by atoms with Crippen LogP contribution in [0.4, 0.5) is 0 Å². The van der Waals surface area contributed by atoms with Gasteiger partial charge in [0.25, 0.3) is 0 Å². The molecule has 1 spiro atoms. The first kappa shape index (κ1) is 13.1. The Morgan fingerprint density at radius 2 is 1.76 bits per heavy atom. The minimum absolute atomic E-state index is 0.308. The van der Waals surface area contributed by atoms with Crippen LogP contribution >= 0.6 is 0 Å². The maximum atomic E-state index is 11.1. The Bertz CT molecular complexity index is 287. The van der Waals surface area contributed by atoms with Gasteiger partial charge in [-0.25, -0.2) is 0 Å². The third kappa shape index (κ3) is 2.90. The third-order valence-corrected chi connectivity index (χ3v) is 4.95. The lowest BCUT2D eigenvalue weighted by Gasteiger charge is -2.56.